The van der Waals surface area contributed by atoms with E-state index < -0.39 is 5.91 Å². The molecule has 0 unspecified atom stereocenters. The van der Waals surface area contributed by atoms with Gasteiger partial charge in [-0.1, -0.05) is 29.8 Å². The molecule has 1 amide bonds. The largest absolute Gasteiger partial charge is 0.319 e. The predicted octanol–water partition coefficient (Wildman–Crippen LogP) is 2.59. The predicted molar refractivity (Wildman–Crippen MR) is 91.2 cm³/mol. The number of carbonyl (C=O) groups excluding carboxylic acids is 1. The monoisotopic (exact) mass is 340 g/mol. The highest BCUT2D eigenvalue weighted by atomic mass is 35.5. The highest BCUT2D eigenvalue weighted by molar-refractivity contribution is 6.31. The van der Waals surface area contributed by atoms with Crippen LogP contribution in [-0.2, 0) is 6.54 Å². The average Bonchev–Trinajstić information content (AvgIpc) is 2.60. The average molecular weight is 341 g/mol. The molecule has 3 aromatic rings. The SMILES string of the molecule is O=C(Nc1ccc(=O)n(Cc2ccccc2Cl)c1)c1cnccn1. The molecule has 2 heterocycles. The molecule has 0 aliphatic rings. The summed E-state index contributed by atoms with van der Waals surface area (Å²) in [6, 6.07) is 10.2. The van der Waals surface area contributed by atoms with E-state index in [1.54, 1.807) is 18.3 Å². The third kappa shape index (κ3) is 3.67. The molecule has 2 aromatic heterocycles. The van der Waals surface area contributed by atoms with Crippen molar-refractivity contribution in [1.82, 2.24) is 14.5 Å². The molecule has 0 saturated carbocycles. The molecule has 7 heteroatoms. The Kier molecular flexibility index (Phi) is 4.67. The van der Waals surface area contributed by atoms with E-state index in [1.165, 1.54) is 29.2 Å². The number of aromatic nitrogens is 3. The number of amides is 1. The molecule has 0 bridgehead atoms. The summed E-state index contributed by atoms with van der Waals surface area (Å²) in [5.74, 6) is -0.397. The van der Waals surface area contributed by atoms with Crippen LogP contribution in [0.4, 0.5) is 5.69 Å². The summed E-state index contributed by atoms with van der Waals surface area (Å²) < 4.78 is 1.48. The number of hydrogen-bond acceptors (Lipinski definition) is 4. The van der Waals surface area contributed by atoms with E-state index in [0.717, 1.165) is 5.56 Å². The van der Waals surface area contributed by atoms with Crippen LogP contribution >= 0.6 is 11.6 Å². The van der Waals surface area contributed by atoms with Gasteiger partial charge in [-0.25, -0.2) is 4.98 Å². The number of nitrogens with one attached hydrogen (secondary N) is 1. The van der Waals surface area contributed by atoms with Gasteiger partial charge >= 0.3 is 0 Å². The lowest BCUT2D eigenvalue weighted by atomic mass is 10.2. The molecule has 0 saturated heterocycles. The smallest absolute Gasteiger partial charge is 0.275 e. The molecule has 0 aliphatic carbocycles. The van der Waals surface area contributed by atoms with Gasteiger partial charge in [0.1, 0.15) is 5.69 Å². The first-order chi connectivity index (χ1) is 11.6. The maximum Gasteiger partial charge on any atom is 0.275 e. The molecular weight excluding hydrogens is 328 g/mol. The van der Waals surface area contributed by atoms with Crippen molar-refractivity contribution >= 4 is 23.2 Å². The first kappa shape index (κ1) is 15.9. The van der Waals surface area contributed by atoms with Crippen LogP contribution in [0.15, 0.2) is 66.0 Å². The van der Waals surface area contributed by atoms with Gasteiger partial charge in [0.2, 0.25) is 0 Å². The summed E-state index contributed by atoms with van der Waals surface area (Å²) in [7, 11) is 0. The van der Waals surface area contributed by atoms with Gasteiger partial charge in [-0.05, 0) is 17.7 Å². The summed E-state index contributed by atoms with van der Waals surface area (Å²) >= 11 is 6.13. The van der Waals surface area contributed by atoms with Crippen LogP contribution in [0, 0.1) is 0 Å². The fourth-order valence-corrected chi connectivity index (χ4v) is 2.35. The molecule has 24 heavy (non-hydrogen) atoms. The number of halogens is 1. The third-order valence-corrected chi connectivity index (χ3v) is 3.70. The molecule has 0 aliphatic heterocycles. The van der Waals surface area contributed by atoms with Crippen molar-refractivity contribution in [2.45, 2.75) is 6.54 Å². The van der Waals surface area contributed by atoms with Crippen LogP contribution in [0.5, 0.6) is 0 Å². The number of anilines is 1. The fraction of sp³-hybridized carbons (Fsp3) is 0.0588. The number of hydrogen-bond donors (Lipinski definition) is 1. The maximum absolute atomic E-state index is 12.1. The zero-order valence-electron chi connectivity index (χ0n) is 12.5. The summed E-state index contributed by atoms with van der Waals surface area (Å²) in [6.07, 6.45) is 5.86. The summed E-state index contributed by atoms with van der Waals surface area (Å²) in [5.41, 5.74) is 1.31. The zero-order valence-corrected chi connectivity index (χ0v) is 13.3. The fourth-order valence-electron chi connectivity index (χ4n) is 2.15. The van der Waals surface area contributed by atoms with E-state index in [0.29, 0.717) is 17.3 Å². The van der Waals surface area contributed by atoms with Crippen LogP contribution in [0.3, 0.4) is 0 Å². The van der Waals surface area contributed by atoms with E-state index in [2.05, 4.69) is 15.3 Å². The highest BCUT2D eigenvalue weighted by Crippen LogP contribution is 2.16. The molecule has 0 atom stereocenters. The van der Waals surface area contributed by atoms with Gasteiger partial charge in [-0.2, -0.15) is 0 Å². The van der Waals surface area contributed by atoms with E-state index in [9.17, 15) is 9.59 Å². The van der Waals surface area contributed by atoms with Gasteiger partial charge in [0.15, 0.2) is 0 Å². The van der Waals surface area contributed by atoms with Crippen LogP contribution in [-0.4, -0.2) is 20.4 Å². The third-order valence-electron chi connectivity index (χ3n) is 3.34. The van der Waals surface area contributed by atoms with Gasteiger partial charge in [0, 0.05) is 29.7 Å². The number of benzene rings is 1. The van der Waals surface area contributed by atoms with E-state index >= 15 is 0 Å². The van der Waals surface area contributed by atoms with Gasteiger partial charge in [-0.15, -0.1) is 0 Å². The normalized spacial score (nSPS) is 10.4. The summed E-state index contributed by atoms with van der Waals surface area (Å²) in [5, 5.41) is 3.27. The Hall–Kier alpha value is -2.99. The second-order valence-electron chi connectivity index (χ2n) is 5.02. The van der Waals surface area contributed by atoms with Crippen LogP contribution in [0.2, 0.25) is 5.02 Å². The Labute approximate surface area is 142 Å². The Bertz CT molecular complexity index is 925. The standard InChI is InChI=1S/C17H13ClN4O2/c18-14-4-2-1-3-12(14)10-22-11-13(5-6-16(22)23)21-17(24)15-9-19-7-8-20-15/h1-9,11H,10H2,(H,21,24). The zero-order chi connectivity index (χ0) is 16.9. The number of rotatable bonds is 4. The Balaban J connectivity index is 1.83. The van der Waals surface area contributed by atoms with Crippen molar-refractivity contribution in [2.24, 2.45) is 0 Å². The quantitative estimate of drug-likeness (QED) is 0.792. The van der Waals surface area contributed by atoms with Crippen molar-refractivity contribution in [3.63, 3.8) is 0 Å². The highest BCUT2D eigenvalue weighted by Gasteiger charge is 2.09. The molecule has 3 rings (SSSR count). The van der Waals surface area contributed by atoms with Crippen molar-refractivity contribution < 1.29 is 4.79 Å². The van der Waals surface area contributed by atoms with Gasteiger partial charge in [-0.3, -0.25) is 14.6 Å². The van der Waals surface area contributed by atoms with Gasteiger partial charge < -0.3 is 9.88 Å². The second kappa shape index (κ2) is 7.06. The lowest BCUT2D eigenvalue weighted by Crippen LogP contribution is -2.21. The number of pyridine rings is 1. The first-order valence-corrected chi connectivity index (χ1v) is 7.52. The van der Waals surface area contributed by atoms with Gasteiger partial charge in [0.05, 0.1) is 18.4 Å². The molecule has 0 radical (unpaired) electrons. The second-order valence-corrected chi connectivity index (χ2v) is 5.43. The molecule has 1 aromatic carbocycles. The molecule has 0 fully saturated rings. The van der Waals surface area contributed by atoms with E-state index in [-0.39, 0.29) is 11.3 Å². The molecule has 120 valence electrons. The van der Waals surface area contributed by atoms with Crippen LogP contribution in [0.25, 0.3) is 0 Å². The Morgan fingerprint density at radius 2 is 2.00 bits per heavy atom. The number of nitrogens with zero attached hydrogens (tertiary/aromatic N) is 3. The summed E-state index contributed by atoms with van der Waals surface area (Å²) in [6.45, 7) is 0.313. The van der Waals surface area contributed by atoms with Crippen LogP contribution in [0.1, 0.15) is 16.1 Å². The molecular formula is C17H13ClN4O2. The summed E-state index contributed by atoms with van der Waals surface area (Å²) in [4.78, 5) is 31.9. The van der Waals surface area contributed by atoms with E-state index in [1.807, 2.05) is 18.2 Å². The minimum Gasteiger partial charge on any atom is -0.319 e. The molecule has 1 N–H and O–H groups in total. The van der Waals surface area contributed by atoms with Crippen molar-refractivity contribution in [1.29, 1.82) is 0 Å². The Morgan fingerprint density at radius 3 is 2.75 bits per heavy atom. The lowest BCUT2D eigenvalue weighted by Gasteiger charge is -2.10. The first-order valence-electron chi connectivity index (χ1n) is 7.15. The van der Waals surface area contributed by atoms with Crippen LogP contribution < -0.4 is 10.9 Å². The van der Waals surface area contributed by atoms with Crippen molar-refractivity contribution in [2.75, 3.05) is 5.32 Å². The number of carbonyl (C=O) groups is 1. The molecule has 6 nitrogen and oxygen atoms in total. The molecule has 0 spiro atoms. The maximum atomic E-state index is 12.1. The van der Waals surface area contributed by atoms with Gasteiger partial charge in [0.25, 0.3) is 11.5 Å². The van der Waals surface area contributed by atoms with Crippen molar-refractivity contribution in [3.8, 4) is 0 Å². The topological polar surface area (TPSA) is 76.9 Å². The lowest BCUT2D eigenvalue weighted by molar-refractivity contribution is 0.102. The van der Waals surface area contributed by atoms with Crippen molar-refractivity contribution in [3.05, 3.63) is 87.8 Å². The van der Waals surface area contributed by atoms with E-state index in [4.69, 9.17) is 11.6 Å². The minimum absolute atomic E-state index is 0.188. The Morgan fingerprint density at radius 1 is 1.17 bits per heavy atom. The minimum atomic E-state index is -0.397.